The van der Waals surface area contributed by atoms with E-state index in [9.17, 15) is 0 Å². The van der Waals surface area contributed by atoms with Gasteiger partial charge < -0.3 is 19.5 Å². The normalized spacial score (nSPS) is 24.3. The highest BCUT2D eigenvalue weighted by Crippen LogP contribution is 2.22. The maximum atomic E-state index is 5.21. The largest absolute Gasteiger partial charge is 0.472 e. The molecule has 0 spiro atoms. The molecule has 1 aliphatic heterocycles. The Bertz CT molecular complexity index is 339. The smallest absolute Gasteiger partial charge is 0.0950 e. The average molecular weight is 251 g/mol. The summed E-state index contributed by atoms with van der Waals surface area (Å²) in [4.78, 5) is 4.90. The molecule has 0 aromatic carbocycles. The minimum Gasteiger partial charge on any atom is -0.472 e. The van der Waals surface area contributed by atoms with Crippen LogP contribution in [0.3, 0.4) is 0 Å². The molecule has 4 heteroatoms. The first-order valence-electron chi connectivity index (χ1n) is 6.85. The summed E-state index contributed by atoms with van der Waals surface area (Å²) in [6.45, 7) is 6.62. The average Bonchev–Trinajstić information content (AvgIpc) is 2.87. The Morgan fingerprint density at radius 2 is 2.28 bits per heavy atom. The molecule has 2 atom stereocenters. The van der Waals surface area contributed by atoms with Crippen LogP contribution in [0.5, 0.6) is 0 Å². The molecule has 1 aliphatic rings. The van der Waals surface area contributed by atoms with Crippen molar-refractivity contribution in [2.24, 2.45) is 0 Å². The molecule has 1 fully saturated rings. The van der Waals surface area contributed by atoms with Crippen molar-refractivity contribution in [1.82, 2.24) is 15.1 Å². The van der Waals surface area contributed by atoms with Gasteiger partial charge in [-0.25, -0.2) is 0 Å². The Morgan fingerprint density at radius 3 is 2.94 bits per heavy atom. The molecule has 0 amide bonds. The summed E-state index contributed by atoms with van der Waals surface area (Å²) in [5, 5.41) is 3.56. The second-order valence-corrected chi connectivity index (χ2v) is 5.30. The van der Waals surface area contributed by atoms with Gasteiger partial charge in [0.2, 0.25) is 0 Å². The summed E-state index contributed by atoms with van der Waals surface area (Å²) in [6.07, 6.45) is 4.75. The first-order chi connectivity index (χ1) is 8.70. The van der Waals surface area contributed by atoms with Crippen molar-refractivity contribution in [2.45, 2.75) is 25.4 Å². The lowest BCUT2D eigenvalue weighted by molar-refractivity contribution is 0.101. The Labute approximate surface area is 110 Å². The van der Waals surface area contributed by atoms with E-state index in [0.29, 0.717) is 12.1 Å². The second-order valence-electron chi connectivity index (χ2n) is 5.30. The van der Waals surface area contributed by atoms with E-state index in [4.69, 9.17) is 4.42 Å². The topological polar surface area (TPSA) is 31.6 Å². The van der Waals surface area contributed by atoms with Gasteiger partial charge in [-0.15, -0.1) is 0 Å². The van der Waals surface area contributed by atoms with E-state index >= 15 is 0 Å². The van der Waals surface area contributed by atoms with Crippen molar-refractivity contribution in [1.29, 1.82) is 0 Å². The number of nitrogens with zero attached hydrogens (tertiary/aromatic N) is 2. The van der Waals surface area contributed by atoms with Gasteiger partial charge in [-0.3, -0.25) is 0 Å². The third-order valence-electron chi connectivity index (χ3n) is 3.88. The fourth-order valence-corrected chi connectivity index (χ4v) is 2.68. The van der Waals surface area contributed by atoms with E-state index < -0.39 is 0 Å². The molecule has 4 nitrogen and oxygen atoms in total. The van der Waals surface area contributed by atoms with Gasteiger partial charge in [-0.05, 0) is 33.1 Å². The van der Waals surface area contributed by atoms with E-state index in [1.807, 2.05) is 6.26 Å². The summed E-state index contributed by atoms with van der Waals surface area (Å²) in [7, 11) is 4.44. The van der Waals surface area contributed by atoms with Crippen LogP contribution in [0.1, 0.15) is 24.9 Å². The Kier molecular flexibility index (Phi) is 4.80. The summed E-state index contributed by atoms with van der Waals surface area (Å²) in [5.74, 6) is 0. The molecular weight excluding hydrogens is 226 g/mol. The maximum Gasteiger partial charge on any atom is 0.0950 e. The molecule has 102 valence electrons. The van der Waals surface area contributed by atoms with Gasteiger partial charge in [0, 0.05) is 37.3 Å². The molecule has 1 aromatic heterocycles. The maximum absolute atomic E-state index is 5.21. The highest BCUT2D eigenvalue weighted by molar-refractivity contribution is 5.12. The molecule has 0 saturated carbocycles. The minimum absolute atomic E-state index is 0.396. The zero-order chi connectivity index (χ0) is 13.0. The van der Waals surface area contributed by atoms with Gasteiger partial charge in [0.1, 0.15) is 0 Å². The van der Waals surface area contributed by atoms with Crippen molar-refractivity contribution >= 4 is 0 Å². The molecular formula is C14H25N3O. The third-order valence-corrected chi connectivity index (χ3v) is 3.88. The van der Waals surface area contributed by atoms with E-state index in [0.717, 1.165) is 26.1 Å². The highest BCUT2D eigenvalue weighted by Gasteiger charge is 2.25. The third kappa shape index (κ3) is 3.34. The first-order valence-corrected chi connectivity index (χ1v) is 6.85. The van der Waals surface area contributed by atoms with Crippen molar-refractivity contribution in [3.8, 4) is 0 Å². The summed E-state index contributed by atoms with van der Waals surface area (Å²) < 4.78 is 5.21. The quantitative estimate of drug-likeness (QED) is 0.861. The Hall–Kier alpha value is -0.840. The van der Waals surface area contributed by atoms with Crippen LogP contribution in [0.25, 0.3) is 0 Å². The zero-order valence-electron chi connectivity index (χ0n) is 11.7. The van der Waals surface area contributed by atoms with Gasteiger partial charge in [0.05, 0.1) is 12.5 Å². The van der Waals surface area contributed by atoms with Gasteiger partial charge in [-0.1, -0.05) is 6.92 Å². The van der Waals surface area contributed by atoms with E-state index in [2.05, 4.69) is 42.2 Å². The predicted molar refractivity (Wildman–Crippen MR) is 73.7 cm³/mol. The first kappa shape index (κ1) is 13.6. The lowest BCUT2D eigenvalue weighted by Gasteiger charge is -2.39. The summed E-state index contributed by atoms with van der Waals surface area (Å²) in [6, 6.07) is 3.08. The molecule has 0 radical (unpaired) electrons. The molecule has 18 heavy (non-hydrogen) atoms. The molecule has 2 unspecified atom stereocenters. The van der Waals surface area contributed by atoms with E-state index in [-0.39, 0.29) is 0 Å². The van der Waals surface area contributed by atoms with Gasteiger partial charge >= 0.3 is 0 Å². The second kappa shape index (κ2) is 6.36. The number of nitrogens with one attached hydrogen (secondary N) is 1. The zero-order valence-corrected chi connectivity index (χ0v) is 11.7. The number of rotatable bonds is 5. The van der Waals surface area contributed by atoms with Crippen LogP contribution in [-0.2, 0) is 0 Å². The minimum atomic E-state index is 0.396. The lowest BCUT2D eigenvalue weighted by atomic mass is 9.99. The van der Waals surface area contributed by atoms with Gasteiger partial charge in [0.25, 0.3) is 0 Å². The standard InChI is InChI=1S/C14H25N3O/c1-4-15-14(12-5-8-18-11-12)9-13-10-16(2)6-7-17(13)3/h5,8,11,13-15H,4,6-7,9-10H2,1-3H3. The van der Waals surface area contributed by atoms with Crippen LogP contribution in [-0.4, -0.2) is 56.1 Å². The van der Waals surface area contributed by atoms with Crippen molar-refractivity contribution in [2.75, 3.05) is 40.3 Å². The monoisotopic (exact) mass is 251 g/mol. The van der Waals surface area contributed by atoms with Crippen LogP contribution in [0.2, 0.25) is 0 Å². The molecule has 2 rings (SSSR count). The van der Waals surface area contributed by atoms with Crippen LogP contribution >= 0.6 is 0 Å². The van der Waals surface area contributed by atoms with Gasteiger partial charge in [0.15, 0.2) is 0 Å². The number of hydrogen-bond acceptors (Lipinski definition) is 4. The van der Waals surface area contributed by atoms with Crippen LogP contribution < -0.4 is 5.32 Å². The summed E-state index contributed by atoms with van der Waals surface area (Å²) >= 11 is 0. The number of piperazine rings is 1. The Balaban J connectivity index is 1.99. The van der Waals surface area contributed by atoms with Crippen LogP contribution in [0.4, 0.5) is 0 Å². The SMILES string of the molecule is CCNC(CC1CN(C)CCN1C)c1ccoc1. The van der Waals surface area contributed by atoms with Crippen molar-refractivity contribution < 1.29 is 4.42 Å². The molecule has 0 aliphatic carbocycles. The molecule has 1 aromatic rings. The predicted octanol–water partition coefficient (Wildman–Crippen LogP) is 1.57. The lowest BCUT2D eigenvalue weighted by Crippen LogP contribution is -2.51. The number of likely N-dealkylation sites (N-methyl/N-ethyl adjacent to an activating group) is 2. The van der Waals surface area contributed by atoms with Crippen molar-refractivity contribution in [3.05, 3.63) is 24.2 Å². The van der Waals surface area contributed by atoms with E-state index in [1.54, 1.807) is 6.26 Å². The van der Waals surface area contributed by atoms with Crippen molar-refractivity contribution in [3.63, 3.8) is 0 Å². The van der Waals surface area contributed by atoms with Crippen LogP contribution in [0, 0.1) is 0 Å². The fourth-order valence-electron chi connectivity index (χ4n) is 2.68. The molecule has 0 bridgehead atoms. The number of furan rings is 1. The Morgan fingerprint density at radius 1 is 1.44 bits per heavy atom. The van der Waals surface area contributed by atoms with E-state index in [1.165, 1.54) is 12.1 Å². The highest BCUT2D eigenvalue weighted by atomic mass is 16.3. The fraction of sp³-hybridized carbons (Fsp3) is 0.714. The van der Waals surface area contributed by atoms with Gasteiger partial charge in [-0.2, -0.15) is 0 Å². The molecule has 1 N–H and O–H groups in total. The number of hydrogen-bond donors (Lipinski definition) is 1. The molecule has 1 saturated heterocycles. The van der Waals surface area contributed by atoms with Crippen LogP contribution in [0.15, 0.2) is 23.0 Å². The summed E-state index contributed by atoms with van der Waals surface area (Å²) in [5.41, 5.74) is 1.26. The molecule has 2 heterocycles.